The Morgan fingerprint density at radius 2 is 2.05 bits per heavy atom. The quantitative estimate of drug-likeness (QED) is 0.859. The van der Waals surface area contributed by atoms with Gasteiger partial charge in [0.05, 0.1) is 11.9 Å². The van der Waals surface area contributed by atoms with Crippen LogP contribution in [0.2, 0.25) is 0 Å². The van der Waals surface area contributed by atoms with E-state index < -0.39 is 0 Å². The molecule has 0 bridgehead atoms. The minimum absolute atomic E-state index is 0.745. The maximum atomic E-state index is 4.58. The third kappa shape index (κ3) is 2.87. The molecule has 2 aromatic rings. The molecule has 19 heavy (non-hydrogen) atoms. The summed E-state index contributed by atoms with van der Waals surface area (Å²) in [4.78, 5) is 0. The number of aromatic nitrogens is 2. The first-order valence-electron chi connectivity index (χ1n) is 7.23. The highest BCUT2D eigenvalue weighted by atomic mass is 15.3. The fraction of sp³-hybridized carbons (Fsp3) is 0.438. The van der Waals surface area contributed by atoms with E-state index in [0.29, 0.717) is 0 Å². The summed E-state index contributed by atoms with van der Waals surface area (Å²) in [5, 5.41) is 8.16. The van der Waals surface area contributed by atoms with Gasteiger partial charge in [0.2, 0.25) is 0 Å². The van der Waals surface area contributed by atoms with Crippen LogP contribution in [0.25, 0.3) is 5.69 Å². The van der Waals surface area contributed by atoms with Crippen LogP contribution in [0, 0.1) is 0 Å². The standard InChI is InChI=1S/C16H21N3/c1-2-6-16-13(11-17-14-9-10-14)12-18-19(16)15-7-4-3-5-8-15/h3-5,7-8,12,14,17H,2,6,9-11H2,1H3. The molecule has 0 saturated heterocycles. The van der Waals surface area contributed by atoms with Crippen LogP contribution in [0.3, 0.4) is 0 Å². The van der Waals surface area contributed by atoms with Crippen LogP contribution in [-0.2, 0) is 13.0 Å². The first-order valence-corrected chi connectivity index (χ1v) is 7.23. The molecule has 3 heteroatoms. The van der Waals surface area contributed by atoms with Gasteiger partial charge in [-0.05, 0) is 31.4 Å². The van der Waals surface area contributed by atoms with Crippen LogP contribution in [0.15, 0.2) is 36.5 Å². The van der Waals surface area contributed by atoms with Gasteiger partial charge >= 0.3 is 0 Å². The Hall–Kier alpha value is -1.61. The molecule has 0 unspecified atom stereocenters. The monoisotopic (exact) mass is 255 g/mol. The van der Waals surface area contributed by atoms with E-state index in [1.54, 1.807) is 0 Å². The molecule has 1 fully saturated rings. The van der Waals surface area contributed by atoms with Gasteiger partial charge in [0.1, 0.15) is 0 Å². The molecule has 1 heterocycles. The van der Waals surface area contributed by atoms with Gasteiger partial charge in [-0.15, -0.1) is 0 Å². The second-order valence-corrected chi connectivity index (χ2v) is 5.27. The van der Waals surface area contributed by atoms with E-state index >= 15 is 0 Å². The van der Waals surface area contributed by atoms with Gasteiger partial charge in [-0.3, -0.25) is 0 Å². The third-order valence-electron chi connectivity index (χ3n) is 3.60. The number of hydrogen-bond acceptors (Lipinski definition) is 2. The van der Waals surface area contributed by atoms with Crippen LogP contribution in [0.5, 0.6) is 0 Å². The first-order chi connectivity index (χ1) is 9.38. The number of benzene rings is 1. The Morgan fingerprint density at radius 1 is 1.26 bits per heavy atom. The zero-order valence-electron chi connectivity index (χ0n) is 11.5. The smallest absolute Gasteiger partial charge is 0.0648 e. The van der Waals surface area contributed by atoms with Gasteiger partial charge in [0.25, 0.3) is 0 Å². The molecular formula is C16H21N3. The maximum Gasteiger partial charge on any atom is 0.0648 e. The van der Waals surface area contributed by atoms with Gasteiger partial charge < -0.3 is 5.32 Å². The average molecular weight is 255 g/mol. The summed E-state index contributed by atoms with van der Waals surface area (Å²) < 4.78 is 2.09. The Kier molecular flexibility index (Phi) is 3.65. The molecule has 1 N–H and O–H groups in total. The molecular weight excluding hydrogens is 234 g/mol. The summed E-state index contributed by atoms with van der Waals surface area (Å²) >= 11 is 0. The second kappa shape index (κ2) is 5.57. The summed E-state index contributed by atoms with van der Waals surface area (Å²) in [5.74, 6) is 0. The van der Waals surface area contributed by atoms with E-state index in [4.69, 9.17) is 0 Å². The van der Waals surface area contributed by atoms with Crippen molar-refractivity contribution in [1.29, 1.82) is 0 Å². The molecule has 1 saturated carbocycles. The maximum absolute atomic E-state index is 4.58. The van der Waals surface area contributed by atoms with E-state index in [0.717, 1.165) is 31.1 Å². The van der Waals surface area contributed by atoms with Crippen LogP contribution < -0.4 is 5.32 Å². The van der Waals surface area contributed by atoms with Gasteiger partial charge in [0, 0.05) is 23.8 Å². The number of hydrogen-bond donors (Lipinski definition) is 1. The Morgan fingerprint density at radius 3 is 2.74 bits per heavy atom. The molecule has 1 aliphatic rings. The lowest BCUT2D eigenvalue weighted by atomic mass is 10.1. The van der Waals surface area contributed by atoms with Crippen molar-refractivity contribution in [2.24, 2.45) is 0 Å². The van der Waals surface area contributed by atoms with Gasteiger partial charge in [0.15, 0.2) is 0 Å². The zero-order valence-corrected chi connectivity index (χ0v) is 11.5. The van der Waals surface area contributed by atoms with Gasteiger partial charge in [-0.2, -0.15) is 5.10 Å². The molecule has 1 aromatic heterocycles. The van der Waals surface area contributed by atoms with Crippen LogP contribution in [0.1, 0.15) is 37.4 Å². The van der Waals surface area contributed by atoms with Crippen molar-refractivity contribution in [3.63, 3.8) is 0 Å². The Bertz CT molecular complexity index is 526. The lowest BCUT2D eigenvalue weighted by molar-refractivity contribution is 0.676. The minimum Gasteiger partial charge on any atom is -0.310 e. The molecule has 0 radical (unpaired) electrons. The fourth-order valence-corrected chi connectivity index (χ4v) is 2.39. The van der Waals surface area contributed by atoms with Crippen molar-refractivity contribution in [3.8, 4) is 5.69 Å². The molecule has 1 aromatic carbocycles. The Balaban J connectivity index is 1.86. The third-order valence-corrected chi connectivity index (χ3v) is 3.60. The minimum atomic E-state index is 0.745. The number of para-hydroxylation sites is 1. The molecule has 0 spiro atoms. The van der Waals surface area contributed by atoms with Crippen molar-refractivity contribution in [1.82, 2.24) is 15.1 Å². The van der Waals surface area contributed by atoms with Crippen molar-refractivity contribution in [2.75, 3.05) is 0 Å². The normalized spacial score (nSPS) is 14.8. The summed E-state index contributed by atoms with van der Waals surface area (Å²) in [7, 11) is 0. The Labute approximate surface area is 114 Å². The topological polar surface area (TPSA) is 29.9 Å². The average Bonchev–Trinajstić information content (AvgIpc) is 3.20. The van der Waals surface area contributed by atoms with Crippen LogP contribution >= 0.6 is 0 Å². The molecule has 0 aliphatic heterocycles. The highest BCUT2D eigenvalue weighted by Crippen LogP contribution is 2.21. The fourth-order valence-electron chi connectivity index (χ4n) is 2.39. The van der Waals surface area contributed by atoms with Gasteiger partial charge in [-0.25, -0.2) is 4.68 Å². The highest BCUT2D eigenvalue weighted by Gasteiger charge is 2.21. The zero-order chi connectivity index (χ0) is 13.1. The van der Waals surface area contributed by atoms with E-state index in [2.05, 4.69) is 46.3 Å². The predicted octanol–water partition coefficient (Wildman–Crippen LogP) is 3.08. The van der Waals surface area contributed by atoms with E-state index in [9.17, 15) is 0 Å². The summed E-state index contributed by atoms with van der Waals surface area (Å²) in [6, 6.07) is 11.1. The molecule has 100 valence electrons. The second-order valence-electron chi connectivity index (χ2n) is 5.27. The van der Waals surface area contributed by atoms with E-state index in [-0.39, 0.29) is 0 Å². The summed E-state index contributed by atoms with van der Waals surface area (Å²) in [6.45, 7) is 3.17. The van der Waals surface area contributed by atoms with Gasteiger partial charge in [-0.1, -0.05) is 31.5 Å². The molecule has 3 nitrogen and oxygen atoms in total. The van der Waals surface area contributed by atoms with Crippen LogP contribution in [0.4, 0.5) is 0 Å². The van der Waals surface area contributed by atoms with E-state index in [1.807, 2.05) is 12.3 Å². The lowest BCUT2D eigenvalue weighted by Crippen LogP contribution is -2.16. The molecule has 0 amide bonds. The predicted molar refractivity (Wildman–Crippen MR) is 77.4 cm³/mol. The molecule has 0 atom stereocenters. The number of nitrogens with zero attached hydrogens (tertiary/aromatic N) is 2. The van der Waals surface area contributed by atoms with Crippen molar-refractivity contribution in [2.45, 2.75) is 45.2 Å². The van der Waals surface area contributed by atoms with E-state index in [1.165, 1.54) is 24.1 Å². The van der Waals surface area contributed by atoms with Crippen molar-refractivity contribution < 1.29 is 0 Å². The molecule has 3 rings (SSSR count). The number of rotatable bonds is 6. The SMILES string of the molecule is CCCc1c(CNC2CC2)cnn1-c1ccccc1. The largest absolute Gasteiger partial charge is 0.310 e. The highest BCUT2D eigenvalue weighted by molar-refractivity contribution is 5.35. The molecule has 1 aliphatic carbocycles. The van der Waals surface area contributed by atoms with Crippen molar-refractivity contribution >= 4 is 0 Å². The number of nitrogens with one attached hydrogen (secondary N) is 1. The van der Waals surface area contributed by atoms with Crippen LogP contribution in [-0.4, -0.2) is 15.8 Å². The van der Waals surface area contributed by atoms with Crippen molar-refractivity contribution in [3.05, 3.63) is 47.8 Å². The first kappa shape index (κ1) is 12.4. The summed E-state index contributed by atoms with van der Waals surface area (Å²) in [5.41, 5.74) is 3.85. The summed E-state index contributed by atoms with van der Waals surface area (Å²) in [6.07, 6.45) is 6.91. The lowest BCUT2D eigenvalue weighted by Gasteiger charge is -2.09.